The van der Waals surface area contributed by atoms with Gasteiger partial charge in [0.15, 0.2) is 0 Å². The van der Waals surface area contributed by atoms with Gasteiger partial charge in [-0.2, -0.15) is 10.2 Å². The average molecular weight is 251 g/mol. The van der Waals surface area contributed by atoms with Gasteiger partial charge in [-0.05, 0) is 31.2 Å². The SMILES string of the molecule is Cc1nc2ccccc2nc1NCc1cccnn1. The summed E-state index contributed by atoms with van der Waals surface area (Å²) < 4.78 is 0. The molecule has 2 aromatic heterocycles. The minimum absolute atomic E-state index is 0.585. The summed E-state index contributed by atoms with van der Waals surface area (Å²) in [5, 5.41) is 11.1. The Balaban J connectivity index is 1.86. The lowest BCUT2D eigenvalue weighted by Gasteiger charge is -2.08. The highest BCUT2D eigenvalue weighted by Gasteiger charge is 2.04. The largest absolute Gasteiger partial charge is 0.363 e. The number of nitrogens with zero attached hydrogens (tertiary/aromatic N) is 4. The van der Waals surface area contributed by atoms with Gasteiger partial charge in [0.25, 0.3) is 0 Å². The Bertz CT molecular complexity index is 697. The Kier molecular flexibility index (Phi) is 3.02. The van der Waals surface area contributed by atoms with Gasteiger partial charge in [-0.1, -0.05) is 12.1 Å². The zero-order valence-corrected chi connectivity index (χ0v) is 10.5. The van der Waals surface area contributed by atoms with E-state index < -0.39 is 0 Å². The van der Waals surface area contributed by atoms with Crippen molar-refractivity contribution in [3.05, 3.63) is 54.0 Å². The Morgan fingerprint density at radius 2 is 1.79 bits per heavy atom. The molecule has 0 saturated heterocycles. The van der Waals surface area contributed by atoms with Crippen LogP contribution in [0, 0.1) is 6.92 Å². The van der Waals surface area contributed by atoms with E-state index in [1.54, 1.807) is 6.20 Å². The van der Waals surface area contributed by atoms with Crippen molar-refractivity contribution in [2.75, 3.05) is 5.32 Å². The number of hydrogen-bond donors (Lipinski definition) is 1. The lowest BCUT2D eigenvalue weighted by molar-refractivity contribution is 0.918. The number of rotatable bonds is 3. The maximum Gasteiger partial charge on any atom is 0.148 e. The van der Waals surface area contributed by atoms with E-state index in [0.717, 1.165) is 28.2 Å². The van der Waals surface area contributed by atoms with Gasteiger partial charge in [0.2, 0.25) is 0 Å². The third-order valence-corrected chi connectivity index (χ3v) is 2.81. The van der Waals surface area contributed by atoms with Crippen molar-refractivity contribution in [3.63, 3.8) is 0 Å². The summed E-state index contributed by atoms with van der Waals surface area (Å²) in [4.78, 5) is 9.09. The van der Waals surface area contributed by atoms with Gasteiger partial charge >= 0.3 is 0 Å². The van der Waals surface area contributed by atoms with Crippen LogP contribution in [0.5, 0.6) is 0 Å². The molecule has 1 aromatic carbocycles. The number of benzene rings is 1. The van der Waals surface area contributed by atoms with E-state index in [0.29, 0.717) is 6.54 Å². The molecule has 0 aliphatic carbocycles. The minimum Gasteiger partial charge on any atom is -0.363 e. The quantitative estimate of drug-likeness (QED) is 0.774. The van der Waals surface area contributed by atoms with Crippen molar-refractivity contribution in [1.82, 2.24) is 20.2 Å². The van der Waals surface area contributed by atoms with Crippen LogP contribution in [-0.4, -0.2) is 20.2 Å². The molecule has 0 radical (unpaired) electrons. The van der Waals surface area contributed by atoms with E-state index in [1.165, 1.54) is 0 Å². The first-order valence-corrected chi connectivity index (χ1v) is 6.07. The van der Waals surface area contributed by atoms with Crippen LogP contribution in [0.25, 0.3) is 11.0 Å². The van der Waals surface area contributed by atoms with Gasteiger partial charge < -0.3 is 5.32 Å². The number of fused-ring (bicyclic) bond motifs is 1. The fraction of sp³-hybridized carbons (Fsp3) is 0.143. The summed E-state index contributed by atoms with van der Waals surface area (Å²) in [6.45, 7) is 2.53. The first-order chi connectivity index (χ1) is 9.33. The van der Waals surface area contributed by atoms with Crippen LogP contribution in [-0.2, 0) is 6.54 Å². The molecule has 5 heteroatoms. The molecule has 0 unspecified atom stereocenters. The van der Waals surface area contributed by atoms with Crippen molar-refractivity contribution in [2.45, 2.75) is 13.5 Å². The monoisotopic (exact) mass is 251 g/mol. The molecule has 0 fully saturated rings. The standard InChI is InChI=1S/C14H13N5/c1-10-14(15-9-11-5-4-8-16-19-11)18-13-7-3-2-6-12(13)17-10/h2-8H,9H2,1H3,(H,15,18). The highest BCUT2D eigenvalue weighted by atomic mass is 15.1. The second-order valence-corrected chi connectivity index (χ2v) is 4.21. The van der Waals surface area contributed by atoms with E-state index in [1.807, 2.05) is 43.3 Å². The van der Waals surface area contributed by atoms with E-state index in [9.17, 15) is 0 Å². The summed E-state index contributed by atoms with van der Waals surface area (Å²) in [7, 11) is 0. The van der Waals surface area contributed by atoms with Gasteiger partial charge in [0.1, 0.15) is 5.82 Å². The summed E-state index contributed by atoms with van der Waals surface area (Å²) in [6, 6.07) is 11.6. The topological polar surface area (TPSA) is 63.6 Å². The lowest BCUT2D eigenvalue weighted by Crippen LogP contribution is -2.06. The summed E-state index contributed by atoms with van der Waals surface area (Å²) in [6.07, 6.45) is 1.66. The van der Waals surface area contributed by atoms with Gasteiger partial charge in [-0.15, -0.1) is 0 Å². The van der Waals surface area contributed by atoms with Crippen LogP contribution in [0.2, 0.25) is 0 Å². The highest BCUT2D eigenvalue weighted by molar-refractivity contribution is 5.76. The fourth-order valence-corrected chi connectivity index (χ4v) is 1.86. The Hall–Kier alpha value is -2.56. The first kappa shape index (κ1) is 11.5. The molecule has 3 aromatic rings. The third-order valence-electron chi connectivity index (χ3n) is 2.81. The summed E-state index contributed by atoms with van der Waals surface area (Å²) in [5.41, 5.74) is 3.54. The molecule has 2 heterocycles. The smallest absolute Gasteiger partial charge is 0.148 e. The van der Waals surface area contributed by atoms with Crippen LogP contribution < -0.4 is 5.32 Å². The molecule has 0 aliphatic rings. The zero-order chi connectivity index (χ0) is 13.1. The van der Waals surface area contributed by atoms with E-state index >= 15 is 0 Å². The number of anilines is 1. The number of aryl methyl sites for hydroxylation is 1. The normalized spacial score (nSPS) is 10.6. The van der Waals surface area contributed by atoms with Crippen LogP contribution in [0.3, 0.4) is 0 Å². The van der Waals surface area contributed by atoms with Gasteiger partial charge in [-0.3, -0.25) is 0 Å². The predicted octanol–water partition coefficient (Wildman–Crippen LogP) is 2.34. The van der Waals surface area contributed by atoms with Crippen LogP contribution >= 0.6 is 0 Å². The van der Waals surface area contributed by atoms with Gasteiger partial charge in [0, 0.05) is 6.20 Å². The van der Waals surface area contributed by atoms with Gasteiger partial charge in [0.05, 0.1) is 29.0 Å². The molecule has 0 amide bonds. The average Bonchev–Trinajstić information content (AvgIpc) is 2.46. The lowest BCUT2D eigenvalue weighted by atomic mass is 10.3. The number of hydrogen-bond acceptors (Lipinski definition) is 5. The number of nitrogens with one attached hydrogen (secondary N) is 1. The summed E-state index contributed by atoms with van der Waals surface area (Å²) in [5.74, 6) is 0.782. The van der Waals surface area contributed by atoms with Crippen LogP contribution in [0.4, 0.5) is 5.82 Å². The van der Waals surface area contributed by atoms with Crippen LogP contribution in [0.1, 0.15) is 11.4 Å². The third kappa shape index (κ3) is 2.49. The Morgan fingerprint density at radius 3 is 2.53 bits per heavy atom. The highest BCUT2D eigenvalue weighted by Crippen LogP contribution is 2.16. The molecule has 0 bridgehead atoms. The molecule has 19 heavy (non-hydrogen) atoms. The predicted molar refractivity (Wildman–Crippen MR) is 73.6 cm³/mol. The van der Waals surface area contributed by atoms with E-state index in [-0.39, 0.29) is 0 Å². The Labute approximate surface area is 110 Å². The molecule has 0 saturated carbocycles. The molecular weight excluding hydrogens is 238 g/mol. The van der Waals surface area contributed by atoms with Crippen molar-refractivity contribution in [3.8, 4) is 0 Å². The fourth-order valence-electron chi connectivity index (χ4n) is 1.86. The van der Waals surface area contributed by atoms with Crippen molar-refractivity contribution in [1.29, 1.82) is 0 Å². The molecule has 3 rings (SSSR count). The van der Waals surface area contributed by atoms with E-state index in [4.69, 9.17) is 0 Å². The Morgan fingerprint density at radius 1 is 1.00 bits per heavy atom. The maximum atomic E-state index is 4.57. The molecule has 94 valence electrons. The molecule has 5 nitrogen and oxygen atoms in total. The number of para-hydroxylation sites is 2. The van der Waals surface area contributed by atoms with Crippen LogP contribution in [0.15, 0.2) is 42.6 Å². The van der Waals surface area contributed by atoms with Gasteiger partial charge in [-0.25, -0.2) is 9.97 Å². The first-order valence-electron chi connectivity index (χ1n) is 6.07. The summed E-state index contributed by atoms with van der Waals surface area (Å²) >= 11 is 0. The number of aromatic nitrogens is 4. The van der Waals surface area contributed by atoms with Crippen molar-refractivity contribution < 1.29 is 0 Å². The zero-order valence-electron chi connectivity index (χ0n) is 10.5. The molecular formula is C14H13N5. The minimum atomic E-state index is 0.585. The molecule has 0 atom stereocenters. The van der Waals surface area contributed by atoms with Crippen molar-refractivity contribution in [2.24, 2.45) is 0 Å². The molecule has 1 N–H and O–H groups in total. The van der Waals surface area contributed by atoms with Crippen molar-refractivity contribution >= 4 is 16.9 Å². The molecule has 0 aliphatic heterocycles. The van der Waals surface area contributed by atoms with E-state index in [2.05, 4.69) is 25.5 Å². The second kappa shape index (κ2) is 4.97. The maximum absolute atomic E-state index is 4.57. The second-order valence-electron chi connectivity index (χ2n) is 4.21. The molecule has 0 spiro atoms.